The molecule has 2 atom stereocenters. The zero-order valence-corrected chi connectivity index (χ0v) is 16.3. The summed E-state index contributed by atoms with van der Waals surface area (Å²) >= 11 is 3.50. The summed E-state index contributed by atoms with van der Waals surface area (Å²) in [6.45, 7) is 9.09. The molecule has 2 unspecified atom stereocenters. The van der Waals surface area contributed by atoms with E-state index in [-0.39, 0.29) is 12.1 Å². The maximum atomic E-state index is 12.8. The Kier molecular flexibility index (Phi) is 3.77. The van der Waals surface area contributed by atoms with Crippen molar-refractivity contribution in [1.82, 2.24) is 5.32 Å². The van der Waals surface area contributed by atoms with E-state index >= 15 is 0 Å². The van der Waals surface area contributed by atoms with Crippen LogP contribution in [0.25, 0.3) is 0 Å². The molecule has 0 saturated heterocycles. The van der Waals surface area contributed by atoms with Gasteiger partial charge in [0.1, 0.15) is 11.2 Å². The van der Waals surface area contributed by atoms with Crippen molar-refractivity contribution in [1.29, 1.82) is 0 Å². The summed E-state index contributed by atoms with van der Waals surface area (Å²) in [5, 5.41) is 9.89. The van der Waals surface area contributed by atoms with E-state index in [9.17, 15) is 4.79 Å². The van der Waals surface area contributed by atoms with Crippen LogP contribution in [0, 0.1) is 18.3 Å². The summed E-state index contributed by atoms with van der Waals surface area (Å²) in [6, 6.07) is 2.11. The minimum atomic E-state index is -0.0940. The normalized spacial score (nSPS) is 23.2. The zero-order valence-electron chi connectivity index (χ0n) is 14.7. The van der Waals surface area contributed by atoms with Crippen LogP contribution in [0.1, 0.15) is 64.6 Å². The number of rotatable bonds is 1. The third kappa shape index (κ3) is 2.58. The highest BCUT2D eigenvalue weighted by atomic mass is 32.1. The lowest BCUT2D eigenvalue weighted by Gasteiger charge is -2.34. The Bertz CT molecular complexity index is 797. The van der Waals surface area contributed by atoms with E-state index in [1.54, 1.807) is 22.7 Å². The molecule has 0 saturated carbocycles. The fourth-order valence-corrected chi connectivity index (χ4v) is 6.13. The lowest BCUT2D eigenvalue weighted by molar-refractivity contribution is 0.0935. The molecule has 1 aliphatic carbocycles. The number of nitrogens with one attached hydrogen (secondary N) is 2. The van der Waals surface area contributed by atoms with Crippen molar-refractivity contribution in [3.8, 4) is 0 Å². The predicted molar refractivity (Wildman–Crippen MR) is 102 cm³/mol. The number of amides is 1. The molecule has 24 heavy (non-hydrogen) atoms. The van der Waals surface area contributed by atoms with E-state index in [1.165, 1.54) is 27.3 Å². The molecule has 3 nitrogen and oxygen atoms in total. The van der Waals surface area contributed by atoms with Crippen molar-refractivity contribution < 1.29 is 4.79 Å². The van der Waals surface area contributed by atoms with Crippen LogP contribution in [0.4, 0.5) is 5.00 Å². The Morgan fingerprint density at radius 2 is 2.04 bits per heavy atom. The number of hydrogen-bond acceptors (Lipinski definition) is 4. The monoisotopic (exact) mass is 360 g/mol. The largest absolute Gasteiger partial charge is 0.352 e. The van der Waals surface area contributed by atoms with Crippen molar-refractivity contribution in [3.05, 3.63) is 37.9 Å². The van der Waals surface area contributed by atoms with Crippen LogP contribution in [-0.2, 0) is 12.8 Å². The number of aryl methyl sites for hydroxylation is 1. The molecule has 0 spiro atoms. The maximum Gasteiger partial charge on any atom is 0.256 e. The van der Waals surface area contributed by atoms with Gasteiger partial charge in [0.25, 0.3) is 5.91 Å². The van der Waals surface area contributed by atoms with Gasteiger partial charge < -0.3 is 10.6 Å². The molecule has 1 aliphatic heterocycles. The summed E-state index contributed by atoms with van der Waals surface area (Å²) in [5.41, 5.74) is 3.76. The van der Waals surface area contributed by atoms with E-state index in [0.717, 1.165) is 23.4 Å². The van der Waals surface area contributed by atoms with Crippen LogP contribution in [0.15, 0.2) is 11.4 Å². The molecule has 2 aromatic rings. The molecule has 4 rings (SSSR count). The van der Waals surface area contributed by atoms with E-state index in [0.29, 0.717) is 11.3 Å². The van der Waals surface area contributed by atoms with Gasteiger partial charge in [-0.2, -0.15) is 0 Å². The minimum absolute atomic E-state index is 0.0910. The van der Waals surface area contributed by atoms with Gasteiger partial charge in [-0.3, -0.25) is 4.79 Å². The second-order valence-electron chi connectivity index (χ2n) is 8.03. The van der Waals surface area contributed by atoms with Crippen molar-refractivity contribution in [3.63, 3.8) is 0 Å². The van der Waals surface area contributed by atoms with E-state index in [1.807, 2.05) is 0 Å². The number of thiophene rings is 2. The smallest absolute Gasteiger partial charge is 0.256 e. The second kappa shape index (κ2) is 5.60. The lowest BCUT2D eigenvalue weighted by atomic mass is 9.72. The first kappa shape index (κ1) is 16.2. The first-order valence-electron chi connectivity index (χ1n) is 8.60. The maximum absolute atomic E-state index is 12.8. The van der Waals surface area contributed by atoms with Gasteiger partial charge in [0.15, 0.2) is 0 Å². The van der Waals surface area contributed by atoms with E-state index in [4.69, 9.17) is 0 Å². The SMILES string of the molecule is Cc1ccsc1C1NC(=O)c2c(sc3c2CCC(C(C)(C)C)C3)N1. The van der Waals surface area contributed by atoms with Gasteiger partial charge in [-0.1, -0.05) is 20.8 Å². The molecule has 128 valence electrons. The van der Waals surface area contributed by atoms with Gasteiger partial charge in [-0.05, 0) is 60.1 Å². The quantitative estimate of drug-likeness (QED) is 0.741. The van der Waals surface area contributed by atoms with Crippen LogP contribution < -0.4 is 10.6 Å². The molecule has 2 N–H and O–H groups in total. The highest BCUT2D eigenvalue weighted by Gasteiger charge is 2.36. The van der Waals surface area contributed by atoms with Crippen LogP contribution in [0.2, 0.25) is 0 Å². The van der Waals surface area contributed by atoms with Gasteiger partial charge in [0.05, 0.1) is 5.56 Å². The van der Waals surface area contributed by atoms with E-state index < -0.39 is 0 Å². The molecule has 5 heteroatoms. The average molecular weight is 361 g/mol. The van der Waals surface area contributed by atoms with Gasteiger partial charge in [-0.15, -0.1) is 22.7 Å². The topological polar surface area (TPSA) is 41.1 Å². The Morgan fingerprint density at radius 1 is 1.25 bits per heavy atom. The molecule has 3 heterocycles. The molecular formula is C19H24N2OS2. The summed E-state index contributed by atoms with van der Waals surface area (Å²) in [5.74, 6) is 0.789. The van der Waals surface area contributed by atoms with Gasteiger partial charge >= 0.3 is 0 Å². The third-order valence-electron chi connectivity index (χ3n) is 5.43. The highest BCUT2D eigenvalue weighted by molar-refractivity contribution is 7.16. The Morgan fingerprint density at radius 3 is 2.71 bits per heavy atom. The van der Waals surface area contributed by atoms with Crippen molar-refractivity contribution in [2.45, 2.75) is 53.1 Å². The third-order valence-corrected chi connectivity index (χ3v) is 7.70. The van der Waals surface area contributed by atoms with Gasteiger partial charge in [-0.25, -0.2) is 0 Å². The summed E-state index contributed by atoms with van der Waals surface area (Å²) < 4.78 is 0. The number of fused-ring (bicyclic) bond motifs is 3. The van der Waals surface area contributed by atoms with Crippen LogP contribution in [-0.4, -0.2) is 5.91 Å². The Balaban J connectivity index is 1.67. The number of hydrogen-bond donors (Lipinski definition) is 2. The predicted octanol–water partition coefficient (Wildman–Crippen LogP) is 5.12. The number of carbonyl (C=O) groups is 1. The summed E-state index contributed by atoms with van der Waals surface area (Å²) in [6.07, 6.45) is 3.22. The summed E-state index contributed by atoms with van der Waals surface area (Å²) in [4.78, 5) is 15.4. The lowest BCUT2D eigenvalue weighted by Crippen LogP contribution is -2.38. The summed E-state index contributed by atoms with van der Waals surface area (Å²) in [7, 11) is 0. The molecule has 2 aromatic heterocycles. The van der Waals surface area contributed by atoms with Crippen molar-refractivity contribution in [2.24, 2.45) is 11.3 Å². The first-order chi connectivity index (χ1) is 11.3. The molecule has 0 bridgehead atoms. The number of carbonyl (C=O) groups excluding carboxylic acids is 1. The molecule has 0 radical (unpaired) electrons. The highest BCUT2D eigenvalue weighted by Crippen LogP contribution is 2.46. The standard InChI is InChI=1S/C19H24N2OS2/c1-10-7-8-23-15(10)16-20-17(22)14-12-6-5-11(19(2,3)4)9-13(12)24-18(14)21-16/h7-8,11,16,21H,5-6,9H2,1-4H3,(H,20,22). The average Bonchev–Trinajstić information content (AvgIpc) is 3.08. The van der Waals surface area contributed by atoms with Gasteiger partial charge in [0.2, 0.25) is 0 Å². The molecule has 0 aromatic carbocycles. The molecule has 2 aliphatic rings. The Hall–Kier alpha value is -1.33. The number of anilines is 1. The van der Waals surface area contributed by atoms with Crippen LogP contribution >= 0.6 is 22.7 Å². The molecule has 0 fully saturated rings. The van der Waals surface area contributed by atoms with E-state index in [2.05, 4.69) is 49.8 Å². The van der Waals surface area contributed by atoms with Crippen LogP contribution in [0.3, 0.4) is 0 Å². The molecule has 1 amide bonds. The second-order valence-corrected chi connectivity index (χ2v) is 10.1. The molecular weight excluding hydrogens is 336 g/mol. The van der Waals surface area contributed by atoms with Gasteiger partial charge in [0, 0.05) is 9.75 Å². The fraction of sp³-hybridized carbons (Fsp3) is 0.526. The van der Waals surface area contributed by atoms with Crippen molar-refractivity contribution >= 4 is 33.6 Å². The Labute approximate surface area is 151 Å². The first-order valence-corrected chi connectivity index (χ1v) is 10.3. The minimum Gasteiger partial charge on any atom is -0.352 e. The van der Waals surface area contributed by atoms with Crippen LogP contribution in [0.5, 0.6) is 0 Å². The fourth-order valence-electron chi connectivity index (χ4n) is 3.85. The zero-order chi connectivity index (χ0) is 17.1. The van der Waals surface area contributed by atoms with Crippen molar-refractivity contribution in [2.75, 3.05) is 5.32 Å².